The molecule has 0 aliphatic rings. The van der Waals surface area contributed by atoms with Gasteiger partial charge in [0.05, 0.1) is 0 Å². The van der Waals surface area contributed by atoms with Gasteiger partial charge in [-0.05, 0) is 42.8 Å². The van der Waals surface area contributed by atoms with Crippen LogP contribution in [0.1, 0.15) is 31.0 Å². The van der Waals surface area contributed by atoms with E-state index in [1.165, 1.54) is 11.6 Å². The summed E-state index contributed by atoms with van der Waals surface area (Å²) in [6.07, 6.45) is 4.15. The zero-order valence-corrected chi connectivity index (χ0v) is 10.9. The second-order valence-electron chi connectivity index (χ2n) is 4.53. The van der Waals surface area contributed by atoms with Crippen LogP contribution in [0.15, 0.2) is 42.7 Å². The van der Waals surface area contributed by atoms with Crippen molar-refractivity contribution in [3.05, 3.63) is 59.7 Å². The first kappa shape index (κ1) is 12.8. The molecule has 1 aromatic carbocycles. The number of halogens is 1. The molecule has 2 rings (SSSR count). The van der Waals surface area contributed by atoms with Crippen molar-refractivity contribution in [1.82, 2.24) is 9.88 Å². The first-order valence-corrected chi connectivity index (χ1v) is 6.32. The predicted molar refractivity (Wildman–Crippen MR) is 72.0 cm³/mol. The Morgan fingerprint density at radius 2 is 2.17 bits per heavy atom. The number of aromatic nitrogens is 1. The molecule has 18 heavy (non-hydrogen) atoms. The molecular weight excluding hydrogens is 227 g/mol. The number of nitrogens with one attached hydrogen (secondary N) is 1. The van der Waals surface area contributed by atoms with Crippen LogP contribution in [-0.4, -0.2) is 11.1 Å². The predicted octanol–water partition coefficient (Wildman–Crippen LogP) is 3.35. The van der Waals surface area contributed by atoms with Gasteiger partial charge in [0.1, 0.15) is 5.82 Å². The molecular formula is C15H19FN2. The van der Waals surface area contributed by atoms with Gasteiger partial charge in [0.15, 0.2) is 0 Å². The van der Waals surface area contributed by atoms with Crippen molar-refractivity contribution < 1.29 is 4.39 Å². The van der Waals surface area contributed by atoms with E-state index < -0.39 is 0 Å². The van der Waals surface area contributed by atoms with Crippen molar-refractivity contribution in [2.75, 3.05) is 6.54 Å². The van der Waals surface area contributed by atoms with Crippen molar-refractivity contribution >= 4 is 0 Å². The lowest BCUT2D eigenvalue weighted by Crippen LogP contribution is -2.17. The first-order valence-electron chi connectivity index (χ1n) is 6.32. The van der Waals surface area contributed by atoms with Crippen LogP contribution in [0.3, 0.4) is 0 Å². The maximum absolute atomic E-state index is 13.1. The lowest BCUT2D eigenvalue weighted by Gasteiger charge is -2.10. The van der Waals surface area contributed by atoms with E-state index >= 15 is 0 Å². The van der Waals surface area contributed by atoms with Crippen molar-refractivity contribution in [2.45, 2.75) is 26.4 Å². The standard InChI is InChI=1S/C15H19FN2/c1-3-17-12(2)14-7-8-18(11-14)10-13-5-4-6-15(16)9-13/h4-9,11-12,17H,3,10H2,1-2H3. The monoisotopic (exact) mass is 246 g/mol. The fourth-order valence-corrected chi connectivity index (χ4v) is 2.08. The third-order valence-corrected chi connectivity index (χ3v) is 3.04. The second kappa shape index (κ2) is 5.83. The molecule has 2 nitrogen and oxygen atoms in total. The third kappa shape index (κ3) is 3.20. The van der Waals surface area contributed by atoms with E-state index in [1.54, 1.807) is 12.1 Å². The highest BCUT2D eigenvalue weighted by Gasteiger charge is 2.05. The van der Waals surface area contributed by atoms with E-state index in [0.717, 1.165) is 12.1 Å². The van der Waals surface area contributed by atoms with E-state index in [-0.39, 0.29) is 5.82 Å². The number of rotatable bonds is 5. The third-order valence-electron chi connectivity index (χ3n) is 3.04. The van der Waals surface area contributed by atoms with Crippen LogP contribution < -0.4 is 5.32 Å². The fraction of sp³-hybridized carbons (Fsp3) is 0.333. The Balaban J connectivity index is 2.06. The molecule has 0 radical (unpaired) electrons. The summed E-state index contributed by atoms with van der Waals surface area (Å²) in [4.78, 5) is 0. The van der Waals surface area contributed by atoms with Gasteiger partial charge in [-0.1, -0.05) is 19.1 Å². The lowest BCUT2D eigenvalue weighted by molar-refractivity contribution is 0.596. The van der Waals surface area contributed by atoms with E-state index in [4.69, 9.17) is 0 Å². The van der Waals surface area contributed by atoms with E-state index in [0.29, 0.717) is 12.6 Å². The molecule has 0 saturated heterocycles. The van der Waals surface area contributed by atoms with Gasteiger partial charge < -0.3 is 9.88 Å². The summed E-state index contributed by atoms with van der Waals surface area (Å²) in [6.45, 7) is 5.90. The molecule has 0 bridgehead atoms. The minimum Gasteiger partial charge on any atom is -0.350 e. The van der Waals surface area contributed by atoms with Gasteiger partial charge in [0, 0.05) is 25.0 Å². The average Bonchev–Trinajstić information content (AvgIpc) is 2.78. The zero-order valence-electron chi connectivity index (χ0n) is 10.9. The number of benzene rings is 1. The molecule has 0 saturated carbocycles. The quantitative estimate of drug-likeness (QED) is 0.856. The highest BCUT2D eigenvalue weighted by molar-refractivity contribution is 5.19. The van der Waals surface area contributed by atoms with E-state index in [1.807, 2.05) is 12.3 Å². The summed E-state index contributed by atoms with van der Waals surface area (Å²) in [5.41, 5.74) is 2.24. The Kier molecular flexibility index (Phi) is 4.15. The largest absolute Gasteiger partial charge is 0.350 e. The molecule has 0 amide bonds. The van der Waals surface area contributed by atoms with Gasteiger partial charge in [-0.15, -0.1) is 0 Å². The highest BCUT2D eigenvalue weighted by atomic mass is 19.1. The van der Waals surface area contributed by atoms with Gasteiger partial charge in [0.25, 0.3) is 0 Å². The summed E-state index contributed by atoms with van der Waals surface area (Å²) < 4.78 is 15.2. The maximum atomic E-state index is 13.1. The van der Waals surface area contributed by atoms with E-state index in [9.17, 15) is 4.39 Å². The number of nitrogens with zero attached hydrogens (tertiary/aromatic N) is 1. The van der Waals surface area contributed by atoms with Gasteiger partial charge in [0.2, 0.25) is 0 Å². The zero-order chi connectivity index (χ0) is 13.0. The van der Waals surface area contributed by atoms with Crippen molar-refractivity contribution in [3.8, 4) is 0 Å². The van der Waals surface area contributed by atoms with Gasteiger partial charge >= 0.3 is 0 Å². The SMILES string of the molecule is CCNC(C)c1ccn(Cc2cccc(F)c2)c1. The van der Waals surface area contributed by atoms with Crippen molar-refractivity contribution in [2.24, 2.45) is 0 Å². The molecule has 0 aliphatic heterocycles. The topological polar surface area (TPSA) is 17.0 Å². The Hall–Kier alpha value is -1.61. The molecule has 1 N–H and O–H groups in total. The molecule has 0 aliphatic carbocycles. The summed E-state index contributed by atoms with van der Waals surface area (Å²) in [7, 11) is 0. The smallest absolute Gasteiger partial charge is 0.123 e. The van der Waals surface area contributed by atoms with Crippen LogP contribution in [0.2, 0.25) is 0 Å². The molecule has 1 aromatic heterocycles. The molecule has 96 valence electrons. The first-order chi connectivity index (χ1) is 8.69. The van der Waals surface area contributed by atoms with Crippen molar-refractivity contribution in [1.29, 1.82) is 0 Å². The van der Waals surface area contributed by atoms with Crippen LogP contribution in [-0.2, 0) is 6.54 Å². The molecule has 1 atom stereocenters. The normalized spacial score (nSPS) is 12.6. The Bertz CT molecular complexity index is 505. The molecule has 0 fully saturated rings. The minimum atomic E-state index is -0.180. The summed E-state index contributed by atoms with van der Waals surface area (Å²) in [5.74, 6) is -0.180. The van der Waals surface area contributed by atoms with Crippen molar-refractivity contribution in [3.63, 3.8) is 0 Å². The number of hydrogen-bond acceptors (Lipinski definition) is 1. The molecule has 1 unspecified atom stereocenters. The average molecular weight is 246 g/mol. The summed E-state index contributed by atoms with van der Waals surface area (Å²) in [6, 6.07) is 9.19. The fourth-order valence-electron chi connectivity index (χ4n) is 2.08. The van der Waals surface area contributed by atoms with Crippen LogP contribution in [0.25, 0.3) is 0 Å². The molecule has 2 aromatic rings. The Labute approximate surface area is 107 Å². The van der Waals surface area contributed by atoms with E-state index in [2.05, 4.69) is 36.0 Å². The van der Waals surface area contributed by atoms with Crippen LogP contribution in [0.5, 0.6) is 0 Å². The Morgan fingerprint density at radius 3 is 2.89 bits per heavy atom. The van der Waals surface area contributed by atoms with Crippen LogP contribution in [0, 0.1) is 5.82 Å². The van der Waals surface area contributed by atoms with Crippen LogP contribution >= 0.6 is 0 Å². The lowest BCUT2D eigenvalue weighted by atomic mass is 10.2. The minimum absolute atomic E-state index is 0.180. The highest BCUT2D eigenvalue weighted by Crippen LogP contribution is 2.14. The Morgan fingerprint density at radius 1 is 1.33 bits per heavy atom. The molecule has 0 spiro atoms. The second-order valence-corrected chi connectivity index (χ2v) is 4.53. The molecule has 3 heteroatoms. The summed E-state index contributed by atoms with van der Waals surface area (Å²) in [5, 5.41) is 3.37. The van der Waals surface area contributed by atoms with Gasteiger partial charge in [-0.2, -0.15) is 0 Å². The van der Waals surface area contributed by atoms with Gasteiger partial charge in [-0.3, -0.25) is 0 Å². The maximum Gasteiger partial charge on any atom is 0.123 e. The molecule has 1 heterocycles. The number of hydrogen-bond donors (Lipinski definition) is 1. The van der Waals surface area contributed by atoms with Crippen LogP contribution in [0.4, 0.5) is 4.39 Å². The van der Waals surface area contributed by atoms with Gasteiger partial charge in [-0.25, -0.2) is 4.39 Å². The summed E-state index contributed by atoms with van der Waals surface area (Å²) >= 11 is 0.